The van der Waals surface area contributed by atoms with E-state index in [1.165, 1.54) is 7.11 Å². The standard InChI is InChI=1S/C12H16N2O2/c1-8-6-13-10-5-3-4-9(12(15)16-2)11(10)14-7-8/h3-5,8,13-14H,6-7H2,1-2H3. The summed E-state index contributed by atoms with van der Waals surface area (Å²) in [4.78, 5) is 11.6. The fourth-order valence-electron chi connectivity index (χ4n) is 1.80. The van der Waals surface area contributed by atoms with Crippen molar-refractivity contribution in [2.75, 3.05) is 30.8 Å². The van der Waals surface area contributed by atoms with Crippen molar-refractivity contribution in [3.63, 3.8) is 0 Å². The molecular weight excluding hydrogens is 204 g/mol. The molecule has 86 valence electrons. The minimum atomic E-state index is -0.305. The Morgan fingerprint density at radius 1 is 1.38 bits per heavy atom. The number of rotatable bonds is 1. The first-order chi connectivity index (χ1) is 7.72. The molecule has 1 aliphatic heterocycles. The van der Waals surface area contributed by atoms with Crippen LogP contribution in [-0.4, -0.2) is 26.2 Å². The van der Waals surface area contributed by atoms with Crippen molar-refractivity contribution in [2.45, 2.75) is 6.92 Å². The number of para-hydroxylation sites is 1. The highest BCUT2D eigenvalue weighted by molar-refractivity contribution is 5.99. The van der Waals surface area contributed by atoms with Crippen molar-refractivity contribution in [1.29, 1.82) is 0 Å². The minimum Gasteiger partial charge on any atom is -0.465 e. The molecule has 1 atom stereocenters. The van der Waals surface area contributed by atoms with Crippen molar-refractivity contribution in [3.8, 4) is 0 Å². The summed E-state index contributed by atoms with van der Waals surface area (Å²) in [5.41, 5.74) is 2.40. The van der Waals surface area contributed by atoms with Crippen LogP contribution in [0.4, 0.5) is 11.4 Å². The lowest BCUT2D eigenvalue weighted by molar-refractivity contribution is 0.0602. The van der Waals surface area contributed by atoms with Crippen LogP contribution in [0.1, 0.15) is 17.3 Å². The van der Waals surface area contributed by atoms with Gasteiger partial charge in [0.05, 0.1) is 24.0 Å². The summed E-state index contributed by atoms with van der Waals surface area (Å²) in [6.07, 6.45) is 0. The van der Waals surface area contributed by atoms with Crippen LogP contribution in [0.15, 0.2) is 18.2 Å². The number of nitrogens with one attached hydrogen (secondary N) is 2. The van der Waals surface area contributed by atoms with E-state index in [1.54, 1.807) is 6.07 Å². The number of carbonyl (C=O) groups is 1. The van der Waals surface area contributed by atoms with Gasteiger partial charge in [-0.1, -0.05) is 13.0 Å². The third-order valence-electron chi connectivity index (χ3n) is 2.74. The summed E-state index contributed by atoms with van der Waals surface area (Å²) in [5.74, 6) is 0.221. The average Bonchev–Trinajstić information content (AvgIpc) is 2.50. The Morgan fingerprint density at radius 3 is 2.88 bits per heavy atom. The second-order valence-electron chi connectivity index (χ2n) is 4.09. The molecule has 2 rings (SSSR count). The monoisotopic (exact) mass is 220 g/mol. The van der Waals surface area contributed by atoms with E-state index in [-0.39, 0.29) is 5.97 Å². The number of esters is 1. The van der Waals surface area contributed by atoms with E-state index in [1.807, 2.05) is 12.1 Å². The van der Waals surface area contributed by atoms with Crippen LogP contribution in [0.25, 0.3) is 0 Å². The van der Waals surface area contributed by atoms with Crippen LogP contribution in [0, 0.1) is 5.92 Å². The molecule has 4 nitrogen and oxygen atoms in total. The first-order valence-electron chi connectivity index (χ1n) is 5.41. The zero-order valence-electron chi connectivity index (χ0n) is 9.54. The second kappa shape index (κ2) is 4.43. The quantitative estimate of drug-likeness (QED) is 0.710. The van der Waals surface area contributed by atoms with Crippen molar-refractivity contribution >= 4 is 17.3 Å². The van der Waals surface area contributed by atoms with Gasteiger partial charge in [-0.05, 0) is 18.1 Å². The lowest BCUT2D eigenvalue weighted by Gasteiger charge is -2.12. The molecule has 1 aliphatic rings. The number of ether oxygens (including phenoxy) is 1. The third kappa shape index (κ3) is 1.96. The number of hydrogen-bond acceptors (Lipinski definition) is 4. The second-order valence-corrected chi connectivity index (χ2v) is 4.09. The molecule has 4 heteroatoms. The minimum absolute atomic E-state index is 0.305. The van der Waals surface area contributed by atoms with Crippen LogP contribution < -0.4 is 10.6 Å². The zero-order valence-corrected chi connectivity index (χ0v) is 9.54. The van der Waals surface area contributed by atoms with E-state index in [9.17, 15) is 4.79 Å². The molecule has 1 aromatic rings. The Balaban J connectivity index is 2.39. The number of carbonyl (C=O) groups excluding carboxylic acids is 1. The maximum atomic E-state index is 11.6. The molecule has 0 fully saturated rings. The van der Waals surface area contributed by atoms with Gasteiger partial charge in [0.2, 0.25) is 0 Å². The van der Waals surface area contributed by atoms with Gasteiger partial charge in [-0.2, -0.15) is 0 Å². The Labute approximate surface area is 95.0 Å². The zero-order chi connectivity index (χ0) is 11.5. The third-order valence-corrected chi connectivity index (χ3v) is 2.74. The molecule has 0 saturated carbocycles. The number of benzene rings is 1. The molecule has 1 unspecified atom stereocenters. The Kier molecular flexibility index (Phi) is 2.99. The van der Waals surface area contributed by atoms with Crippen molar-refractivity contribution in [2.24, 2.45) is 5.92 Å². The van der Waals surface area contributed by atoms with Gasteiger partial charge < -0.3 is 15.4 Å². The van der Waals surface area contributed by atoms with Gasteiger partial charge in [-0.3, -0.25) is 0 Å². The first kappa shape index (κ1) is 10.8. The fraction of sp³-hybridized carbons (Fsp3) is 0.417. The van der Waals surface area contributed by atoms with Gasteiger partial charge in [-0.15, -0.1) is 0 Å². The molecule has 0 saturated heterocycles. The van der Waals surface area contributed by atoms with E-state index in [0.29, 0.717) is 11.5 Å². The highest BCUT2D eigenvalue weighted by Crippen LogP contribution is 2.29. The first-order valence-corrected chi connectivity index (χ1v) is 5.41. The lowest BCUT2D eigenvalue weighted by atomic mass is 10.1. The summed E-state index contributed by atoms with van der Waals surface area (Å²) in [7, 11) is 1.40. The lowest BCUT2D eigenvalue weighted by Crippen LogP contribution is -2.15. The molecule has 0 aromatic heterocycles. The Hall–Kier alpha value is -1.71. The van der Waals surface area contributed by atoms with E-state index < -0.39 is 0 Å². The predicted molar refractivity (Wildman–Crippen MR) is 63.9 cm³/mol. The van der Waals surface area contributed by atoms with Gasteiger partial charge in [0, 0.05) is 13.1 Å². The smallest absolute Gasteiger partial charge is 0.340 e. The molecule has 1 heterocycles. The molecule has 1 aromatic carbocycles. The molecule has 0 bridgehead atoms. The molecule has 0 aliphatic carbocycles. The van der Waals surface area contributed by atoms with Crippen molar-refractivity contribution < 1.29 is 9.53 Å². The van der Waals surface area contributed by atoms with Crippen molar-refractivity contribution in [3.05, 3.63) is 23.8 Å². The average molecular weight is 220 g/mol. The largest absolute Gasteiger partial charge is 0.465 e. The molecule has 0 amide bonds. The van der Waals surface area contributed by atoms with Crippen LogP contribution in [0.2, 0.25) is 0 Å². The fourth-order valence-corrected chi connectivity index (χ4v) is 1.80. The topological polar surface area (TPSA) is 50.4 Å². The summed E-state index contributed by atoms with van der Waals surface area (Å²) < 4.78 is 4.76. The van der Waals surface area contributed by atoms with Crippen LogP contribution in [0.3, 0.4) is 0 Å². The summed E-state index contributed by atoms with van der Waals surface area (Å²) in [6.45, 7) is 3.92. The van der Waals surface area contributed by atoms with E-state index in [0.717, 1.165) is 24.5 Å². The maximum absolute atomic E-state index is 11.6. The van der Waals surface area contributed by atoms with Crippen LogP contribution >= 0.6 is 0 Å². The number of methoxy groups -OCH3 is 1. The predicted octanol–water partition coefficient (Wildman–Crippen LogP) is 1.95. The maximum Gasteiger partial charge on any atom is 0.340 e. The van der Waals surface area contributed by atoms with Gasteiger partial charge in [0.25, 0.3) is 0 Å². The normalized spacial score (nSPS) is 18.8. The summed E-state index contributed by atoms with van der Waals surface area (Å²) in [5, 5.41) is 6.62. The molecular formula is C12H16N2O2. The number of anilines is 2. The van der Waals surface area contributed by atoms with Gasteiger partial charge in [-0.25, -0.2) is 4.79 Å². The van der Waals surface area contributed by atoms with Gasteiger partial charge >= 0.3 is 5.97 Å². The van der Waals surface area contributed by atoms with E-state index >= 15 is 0 Å². The molecule has 0 spiro atoms. The van der Waals surface area contributed by atoms with Gasteiger partial charge in [0.15, 0.2) is 0 Å². The SMILES string of the molecule is COC(=O)c1cccc2c1NCC(C)CN2. The number of hydrogen-bond donors (Lipinski definition) is 2. The van der Waals surface area contributed by atoms with Gasteiger partial charge in [0.1, 0.15) is 0 Å². The highest BCUT2D eigenvalue weighted by atomic mass is 16.5. The Bertz CT molecular complexity index is 404. The Morgan fingerprint density at radius 2 is 2.12 bits per heavy atom. The van der Waals surface area contributed by atoms with Crippen LogP contribution in [0.5, 0.6) is 0 Å². The van der Waals surface area contributed by atoms with E-state index in [2.05, 4.69) is 17.6 Å². The molecule has 16 heavy (non-hydrogen) atoms. The summed E-state index contributed by atoms with van der Waals surface area (Å²) >= 11 is 0. The van der Waals surface area contributed by atoms with Crippen molar-refractivity contribution in [1.82, 2.24) is 0 Å². The molecule has 0 radical (unpaired) electrons. The highest BCUT2D eigenvalue weighted by Gasteiger charge is 2.18. The summed E-state index contributed by atoms with van der Waals surface area (Å²) in [6, 6.07) is 5.60. The van der Waals surface area contributed by atoms with E-state index in [4.69, 9.17) is 4.74 Å². The van der Waals surface area contributed by atoms with Crippen LogP contribution in [-0.2, 0) is 4.74 Å². The number of fused-ring (bicyclic) bond motifs is 1. The molecule has 2 N–H and O–H groups in total.